The van der Waals surface area contributed by atoms with Gasteiger partial charge in [0.1, 0.15) is 54.4 Å². The Morgan fingerprint density at radius 1 is 0.474 bits per heavy atom. The zero-order valence-electron chi connectivity index (χ0n) is 56.0. The molecule has 3 aromatic rings. The van der Waals surface area contributed by atoms with Gasteiger partial charge in [0.25, 0.3) is 0 Å². The molecule has 32 nitrogen and oxygen atoms in total. The first kappa shape index (κ1) is 81.7. The molecule has 3 rings (SSSR count). The van der Waals surface area contributed by atoms with E-state index in [1.165, 1.54) is 0 Å². The van der Waals surface area contributed by atoms with Gasteiger partial charge < -0.3 is 96.4 Å². The number of aliphatic hydroxyl groups excluding tert-OH is 2. The van der Waals surface area contributed by atoms with Gasteiger partial charge in [-0.15, -0.1) is 0 Å². The van der Waals surface area contributed by atoms with Gasteiger partial charge in [0.05, 0.1) is 44.4 Å². The summed E-state index contributed by atoms with van der Waals surface area (Å²) < 4.78 is 0. The van der Waals surface area contributed by atoms with Gasteiger partial charge in [0.2, 0.25) is 76.8 Å². The number of primary amides is 3. The lowest BCUT2D eigenvalue weighted by molar-refractivity contribution is -0.143. The number of nitrogens with two attached hydrogens (primary N) is 4. The van der Waals surface area contributed by atoms with Crippen LogP contribution in [0.3, 0.4) is 0 Å². The predicted octanol–water partition coefficient (Wildman–Crippen LogP) is -2.68. The molecule has 12 atom stereocenters. The maximum absolute atomic E-state index is 14.4. The van der Waals surface area contributed by atoms with Crippen LogP contribution in [0.5, 0.6) is 0 Å². The minimum atomic E-state index is -1.95. The summed E-state index contributed by atoms with van der Waals surface area (Å²) >= 11 is 0. The van der Waals surface area contributed by atoms with Crippen molar-refractivity contribution in [3.05, 3.63) is 71.9 Å². The third kappa shape index (κ3) is 29.1. The lowest BCUT2D eigenvalue weighted by atomic mass is 9.98. The van der Waals surface area contributed by atoms with Crippen molar-refractivity contribution in [3.8, 4) is 0 Å². The van der Waals surface area contributed by atoms with Crippen molar-refractivity contribution in [2.45, 2.75) is 205 Å². The number of carbonyl (C=O) groups excluding carboxylic acids is 13. The molecule has 0 fully saturated rings. The van der Waals surface area contributed by atoms with E-state index in [1.54, 1.807) is 88.5 Å². The number of fused-ring (bicyclic) bond motifs is 1. The number of aliphatic carboxylic acids is 1. The number of aliphatic hydroxyl groups is 2. The number of aromatic nitrogens is 1. The fourth-order valence-corrected chi connectivity index (χ4v) is 10.3. The van der Waals surface area contributed by atoms with Crippen LogP contribution in [-0.2, 0) is 80.0 Å². The Bertz CT molecular complexity index is 3180. The largest absolute Gasteiger partial charge is 0.480 e. The molecule has 0 aliphatic carbocycles. The van der Waals surface area contributed by atoms with Crippen LogP contribution >= 0.6 is 0 Å². The predicted molar refractivity (Wildman–Crippen MR) is 354 cm³/mol. The van der Waals surface area contributed by atoms with E-state index in [1.807, 2.05) is 0 Å². The molecular weight excluding hydrogens is 1260 g/mol. The second-order valence-corrected chi connectivity index (χ2v) is 25.0. The number of benzene rings is 2. The van der Waals surface area contributed by atoms with Crippen LogP contribution in [0, 0.1) is 17.8 Å². The molecule has 0 aliphatic rings. The molecule has 97 heavy (non-hydrogen) atoms. The number of carboxylic acids is 1. The van der Waals surface area contributed by atoms with Gasteiger partial charge >= 0.3 is 5.97 Å². The number of carbonyl (C=O) groups is 14. The third-order valence-corrected chi connectivity index (χ3v) is 15.9. The first-order valence-corrected chi connectivity index (χ1v) is 32.5. The molecule has 0 saturated carbocycles. The van der Waals surface area contributed by atoms with Gasteiger partial charge in [0.15, 0.2) is 0 Å². The first-order valence-electron chi connectivity index (χ1n) is 32.5. The summed E-state index contributed by atoms with van der Waals surface area (Å²) in [6.07, 6.45) is -1.16. The van der Waals surface area contributed by atoms with Gasteiger partial charge in [-0.2, -0.15) is 0 Å². The van der Waals surface area contributed by atoms with Crippen LogP contribution in [0.25, 0.3) is 10.9 Å². The number of unbranched alkanes of at least 4 members (excludes halogenated alkanes) is 2. The van der Waals surface area contributed by atoms with Crippen molar-refractivity contribution in [2.24, 2.45) is 40.7 Å². The molecule has 1 aromatic heterocycles. The van der Waals surface area contributed by atoms with Crippen LogP contribution < -0.4 is 76.1 Å². The van der Waals surface area contributed by atoms with Gasteiger partial charge in [0, 0.05) is 29.9 Å². The van der Waals surface area contributed by atoms with E-state index >= 15 is 0 Å². The van der Waals surface area contributed by atoms with E-state index < -0.39 is 193 Å². The highest BCUT2D eigenvalue weighted by molar-refractivity contribution is 6.01. The molecule has 2 aromatic carbocycles. The van der Waals surface area contributed by atoms with Crippen molar-refractivity contribution in [1.82, 2.24) is 58.2 Å². The van der Waals surface area contributed by atoms with Crippen molar-refractivity contribution >= 4 is 93.7 Å². The number of rotatable bonds is 45. The summed E-state index contributed by atoms with van der Waals surface area (Å²) in [7, 11) is 0. The molecule has 536 valence electrons. The summed E-state index contributed by atoms with van der Waals surface area (Å²) in [5.74, 6) is -15.8. The topological polar surface area (TPSA) is 540 Å². The van der Waals surface area contributed by atoms with Gasteiger partial charge in [-0.3, -0.25) is 62.3 Å². The Morgan fingerprint density at radius 2 is 0.938 bits per heavy atom. The number of aromatic amines is 1. The van der Waals surface area contributed by atoms with Crippen LogP contribution in [0.2, 0.25) is 0 Å². The molecule has 1 heterocycles. The van der Waals surface area contributed by atoms with Gasteiger partial charge in [-0.05, 0) is 74.1 Å². The van der Waals surface area contributed by atoms with E-state index in [0.717, 1.165) is 25.3 Å². The summed E-state index contributed by atoms with van der Waals surface area (Å²) in [6.45, 7) is 11.0. The van der Waals surface area contributed by atoms with Crippen LogP contribution in [0.4, 0.5) is 0 Å². The summed E-state index contributed by atoms with van der Waals surface area (Å²) in [5.41, 5.74) is 24.0. The molecule has 22 N–H and O–H groups in total. The Kier molecular flexibility index (Phi) is 34.9. The normalized spacial score (nSPS) is 15.0. The Hall–Kier alpha value is -9.56. The zero-order chi connectivity index (χ0) is 72.6. The average molecular weight is 1360 g/mol. The van der Waals surface area contributed by atoms with Crippen molar-refractivity contribution in [2.75, 3.05) is 13.1 Å². The molecule has 0 saturated heterocycles. The summed E-state index contributed by atoms with van der Waals surface area (Å²) in [5, 5.41) is 56.1. The second kappa shape index (κ2) is 41.4. The highest BCUT2D eigenvalue weighted by atomic mass is 16.4. The highest BCUT2D eigenvalue weighted by Gasteiger charge is 2.38. The Morgan fingerprint density at radius 3 is 1.48 bits per heavy atom. The quantitative estimate of drug-likeness (QED) is 0.0257. The summed E-state index contributed by atoms with van der Waals surface area (Å²) in [4.78, 5) is 191. The number of carboxylic acid groups (broad SMARTS) is 1. The molecule has 13 amide bonds. The van der Waals surface area contributed by atoms with Crippen LogP contribution in [0.1, 0.15) is 137 Å². The molecular formula is C65H99N15O17. The molecule has 1 unspecified atom stereocenters. The number of para-hydroxylation sites is 1. The summed E-state index contributed by atoms with van der Waals surface area (Å²) in [6, 6.07) is 0.546. The molecule has 0 aliphatic heterocycles. The number of hydrogen-bond acceptors (Lipinski definition) is 17. The Labute approximate surface area is 562 Å². The van der Waals surface area contributed by atoms with Crippen LogP contribution in [-0.4, -0.2) is 183 Å². The van der Waals surface area contributed by atoms with Crippen molar-refractivity contribution < 1.29 is 82.4 Å². The maximum Gasteiger partial charge on any atom is 0.326 e. The van der Waals surface area contributed by atoms with Gasteiger partial charge in [-0.1, -0.05) is 116 Å². The average Bonchev–Trinajstić information content (AvgIpc) is 1.73. The monoisotopic (exact) mass is 1360 g/mol. The minimum Gasteiger partial charge on any atom is -0.480 e. The Balaban J connectivity index is 1.85. The standard InChI is InChI=1S/C65H99N15O17/c1-8-36(6)55(65(96)97)79-61(92)45(27-39-32-70-42-23-15-14-22-41(39)42)73-53(87)33-71-63(94)56(37(7)81)80-57(88)43(24-16-17-25-66)74-59(90)47(30-50(68)84)76-60(91)48(31-51(69)85)75-58(89)44(26-38-19-10-9-11-20-38)77-64(95)54(35(4)5)78-62(93)46(29-49(67)83)72-52(86)28-40(82)21-13-12-18-34(2)3/h9-11,14-15,19-20,22-23,32,34-37,40,43-48,54-56,70,81-82H,8,12-13,16-18,21,24-31,33,66H2,1-7H3,(H2,67,83)(H2,68,84)(H2,69,85)(H,71,94)(H,72,86)(H,73,87)(H,74,90)(H,75,89)(H,76,91)(H,77,95)(H,78,93)(H,79,92)(H,80,88)(H,96,97)/t36-,37+,40?,43-,44+,45+,46+,47+,48-,54+,55+,56+/m0/s1. The number of nitrogens with one attached hydrogen (secondary N) is 11. The van der Waals surface area contributed by atoms with Crippen molar-refractivity contribution in [1.29, 1.82) is 0 Å². The smallest absolute Gasteiger partial charge is 0.326 e. The van der Waals surface area contributed by atoms with E-state index in [4.69, 9.17) is 22.9 Å². The van der Waals surface area contributed by atoms with E-state index in [2.05, 4.69) is 72.0 Å². The minimum absolute atomic E-state index is 0.120. The number of hydrogen-bond donors (Lipinski definition) is 18. The van der Waals surface area contributed by atoms with Gasteiger partial charge in [-0.25, -0.2) is 4.79 Å². The fraction of sp³-hybridized carbons (Fsp3) is 0.569. The fourth-order valence-electron chi connectivity index (χ4n) is 10.3. The molecule has 0 radical (unpaired) electrons. The van der Waals surface area contributed by atoms with E-state index in [-0.39, 0.29) is 32.2 Å². The van der Waals surface area contributed by atoms with Crippen molar-refractivity contribution in [3.63, 3.8) is 0 Å². The molecule has 0 bridgehead atoms. The SMILES string of the molecule is CC[C@H](C)[C@@H](NC(=O)[C@@H](Cc1c[nH]c2ccccc12)NC(=O)CNC(=O)[C@H](NC(=O)[C@H](CCCCN)NC(=O)[C@@H](CC(N)=O)NC(=O)[C@H](CC(N)=O)NC(=O)[C@@H](Cc1ccccc1)NC(=O)[C@H](NC(=O)[C@@H](CC(N)=O)NC(=O)CC(O)CCCCC(C)C)C(C)C)[C@@H](C)O)C(=O)O. The zero-order valence-corrected chi connectivity index (χ0v) is 56.0. The highest BCUT2D eigenvalue weighted by Crippen LogP contribution is 2.20. The second-order valence-electron chi connectivity index (χ2n) is 25.0. The lowest BCUT2D eigenvalue weighted by Gasteiger charge is -2.28. The molecule has 0 spiro atoms. The lowest BCUT2D eigenvalue weighted by Crippen LogP contribution is -2.62. The first-order chi connectivity index (χ1) is 45.7. The number of amides is 13. The van der Waals surface area contributed by atoms with E-state index in [9.17, 15) is 82.4 Å². The third-order valence-electron chi connectivity index (χ3n) is 15.9. The van der Waals surface area contributed by atoms with Crippen LogP contribution in [0.15, 0.2) is 60.8 Å². The van der Waals surface area contributed by atoms with E-state index in [0.29, 0.717) is 48.1 Å². The maximum atomic E-state index is 14.4. The number of H-pyrrole nitrogens is 1. The molecule has 32 heteroatoms.